The Kier molecular flexibility index (Phi) is 8.73. The summed E-state index contributed by atoms with van der Waals surface area (Å²) >= 11 is 1.40. The van der Waals surface area contributed by atoms with E-state index in [4.69, 9.17) is 21.8 Å². The fourth-order valence-corrected chi connectivity index (χ4v) is 5.06. The number of amides is 2. The second-order valence-electron chi connectivity index (χ2n) is 7.92. The number of aliphatic carboxylic acids is 1. The number of anilines is 1. The summed E-state index contributed by atoms with van der Waals surface area (Å²) in [7, 11) is 0. The van der Waals surface area contributed by atoms with Gasteiger partial charge in [-0.25, -0.2) is 0 Å². The highest BCUT2D eigenvalue weighted by molar-refractivity contribution is 7.14. The lowest BCUT2D eigenvalue weighted by molar-refractivity contribution is -0.135. The van der Waals surface area contributed by atoms with Gasteiger partial charge in [-0.05, 0) is 61.1 Å². The van der Waals surface area contributed by atoms with E-state index in [1.165, 1.54) is 21.1 Å². The highest BCUT2D eigenvalue weighted by Gasteiger charge is 2.23. The average Bonchev–Trinajstić information content (AvgIpc) is 3.27. The van der Waals surface area contributed by atoms with E-state index in [-0.39, 0.29) is 5.91 Å². The lowest BCUT2D eigenvalue weighted by atomic mass is 9.95. The Bertz CT molecular complexity index is 1260. The van der Waals surface area contributed by atoms with E-state index >= 15 is 0 Å². The zero-order valence-corrected chi connectivity index (χ0v) is 19.9. The van der Waals surface area contributed by atoms with E-state index in [2.05, 4.69) is 6.07 Å². The zero-order chi connectivity index (χ0) is 25.4. The minimum Gasteiger partial charge on any atom is -0.480 e. The molecule has 1 heterocycles. The normalized spacial score (nSPS) is 11.9. The van der Waals surface area contributed by atoms with Gasteiger partial charge >= 0.3 is 5.97 Å². The molecule has 180 valence electrons. The smallest absolute Gasteiger partial charge is 0.323 e. The van der Waals surface area contributed by atoms with Crippen molar-refractivity contribution in [1.29, 1.82) is 5.26 Å². The summed E-state index contributed by atoms with van der Waals surface area (Å²) in [5, 5.41) is 18.0. The van der Waals surface area contributed by atoms with Gasteiger partial charge in [0.2, 0.25) is 0 Å². The molecule has 2 amide bonds. The minimum absolute atomic E-state index is 0.325. The number of hydrogen-bond acceptors (Lipinski definition) is 6. The third-order valence-electron chi connectivity index (χ3n) is 5.52. The Morgan fingerprint density at radius 2 is 1.77 bits per heavy atom. The first-order chi connectivity index (χ1) is 16.8. The van der Waals surface area contributed by atoms with Crippen LogP contribution in [0.5, 0.6) is 0 Å². The molecule has 0 aliphatic heterocycles. The number of nitrogens with zero attached hydrogens (tertiary/aromatic N) is 2. The van der Waals surface area contributed by atoms with Gasteiger partial charge in [0.05, 0.1) is 5.56 Å². The van der Waals surface area contributed by atoms with E-state index in [0.29, 0.717) is 28.2 Å². The molecule has 0 saturated heterocycles. The predicted molar refractivity (Wildman–Crippen MR) is 134 cm³/mol. The fraction of sp³-hybridized carbons (Fsp3) is 0.231. The van der Waals surface area contributed by atoms with Gasteiger partial charge in [-0.15, -0.1) is 11.3 Å². The van der Waals surface area contributed by atoms with Gasteiger partial charge in [-0.1, -0.05) is 30.3 Å². The number of fused-ring (bicyclic) bond motifs is 1. The van der Waals surface area contributed by atoms with Gasteiger partial charge in [0.15, 0.2) is 0 Å². The predicted octanol–water partition coefficient (Wildman–Crippen LogP) is 3.47. The SMILES string of the molecule is N#Cc1c(C(N)=O)sc2c1CCCC2.NCc1cccc(C(=O)N(CC(=O)O)c2ccccc2)c1. The van der Waals surface area contributed by atoms with Crippen LogP contribution in [0.1, 0.15) is 54.4 Å². The van der Waals surface area contributed by atoms with Gasteiger partial charge < -0.3 is 16.6 Å². The number of carboxylic acid groups (broad SMARTS) is 1. The van der Waals surface area contributed by atoms with Crippen LogP contribution < -0.4 is 16.4 Å². The number of hydrogen-bond donors (Lipinski definition) is 3. The number of nitriles is 1. The zero-order valence-electron chi connectivity index (χ0n) is 19.1. The molecule has 2 aromatic carbocycles. The molecule has 1 aromatic heterocycles. The van der Waals surface area contributed by atoms with Crippen LogP contribution in [0.15, 0.2) is 54.6 Å². The van der Waals surface area contributed by atoms with Crippen LogP contribution in [-0.4, -0.2) is 29.4 Å². The summed E-state index contributed by atoms with van der Waals surface area (Å²) in [5.41, 5.74) is 14.2. The second kappa shape index (κ2) is 11.9. The number of benzene rings is 2. The average molecular weight is 491 g/mol. The molecule has 0 saturated carbocycles. The lowest BCUT2D eigenvalue weighted by Gasteiger charge is -2.21. The summed E-state index contributed by atoms with van der Waals surface area (Å²) in [5.74, 6) is -1.90. The maximum Gasteiger partial charge on any atom is 0.323 e. The van der Waals surface area contributed by atoms with Crippen LogP contribution in [0, 0.1) is 11.3 Å². The molecule has 9 heteroatoms. The first-order valence-corrected chi connectivity index (χ1v) is 11.9. The Balaban J connectivity index is 0.000000211. The first-order valence-electron chi connectivity index (χ1n) is 11.1. The molecule has 1 aliphatic rings. The van der Waals surface area contributed by atoms with Crippen molar-refractivity contribution in [3.63, 3.8) is 0 Å². The molecule has 5 N–H and O–H groups in total. The third kappa shape index (κ3) is 6.32. The molecule has 0 unspecified atom stereocenters. The van der Waals surface area contributed by atoms with Gasteiger partial charge in [0, 0.05) is 22.7 Å². The van der Waals surface area contributed by atoms with Gasteiger partial charge in [0.25, 0.3) is 11.8 Å². The van der Waals surface area contributed by atoms with Crippen LogP contribution in [0.2, 0.25) is 0 Å². The van der Waals surface area contributed by atoms with Crippen molar-refractivity contribution in [2.45, 2.75) is 32.2 Å². The summed E-state index contributed by atoms with van der Waals surface area (Å²) in [6.45, 7) is -0.0684. The molecule has 35 heavy (non-hydrogen) atoms. The number of carbonyl (C=O) groups is 3. The van der Waals surface area contributed by atoms with Gasteiger partial charge in [-0.3, -0.25) is 19.3 Å². The highest BCUT2D eigenvalue weighted by Crippen LogP contribution is 2.33. The number of carbonyl (C=O) groups excluding carboxylic acids is 2. The summed E-state index contributed by atoms with van der Waals surface area (Å²) in [6.07, 6.45) is 4.16. The van der Waals surface area contributed by atoms with E-state index in [9.17, 15) is 14.4 Å². The van der Waals surface area contributed by atoms with Crippen LogP contribution in [0.4, 0.5) is 5.69 Å². The number of primary amides is 1. The summed E-state index contributed by atoms with van der Waals surface area (Å²) in [6, 6.07) is 17.7. The molecule has 0 spiro atoms. The highest BCUT2D eigenvalue weighted by atomic mass is 32.1. The maximum atomic E-state index is 12.6. The number of aryl methyl sites for hydroxylation is 1. The molecule has 8 nitrogen and oxygen atoms in total. The number of thiophene rings is 1. The largest absolute Gasteiger partial charge is 0.480 e. The molecule has 4 rings (SSSR count). The molecule has 0 fully saturated rings. The van der Waals surface area contributed by atoms with Crippen molar-refractivity contribution in [1.82, 2.24) is 0 Å². The molecule has 1 aliphatic carbocycles. The second-order valence-corrected chi connectivity index (χ2v) is 9.02. The van der Waals surface area contributed by atoms with Crippen LogP contribution >= 0.6 is 11.3 Å². The molecule has 3 aromatic rings. The van der Waals surface area contributed by atoms with Crippen LogP contribution in [0.3, 0.4) is 0 Å². The fourth-order valence-electron chi connectivity index (χ4n) is 3.87. The van der Waals surface area contributed by atoms with Crippen molar-refractivity contribution in [3.8, 4) is 6.07 Å². The Labute approximate surface area is 207 Å². The molecule has 0 bridgehead atoms. The Morgan fingerprint density at radius 3 is 2.40 bits per heavy atom. The minimum atomic E-state index is -1.07. The number of para-hydroxylation sites is 1. The topological polar surface area (TPSA) is 151 Å². The standard InChI is InChI=1S/C16H16N2O3.C10H10N2OS/c17-10-12-5-4-6-13(9-12)16(21)18(11-15(19)20)14-7-2-1-3-8-14;11-5-7-6-3-1-2-4-8(6)14-9(7)10(12)13/h1-9H,10-11,17H2,(H,19,20);1-4H2,(H2,12,13). The van der Waals surface area contributed by atoms with Crippen molar-refractivity contribution < 1.29 is 19.5 Å². The van der Waals surface area contributed by atoms with Crippen molar-refractivity contribution in [2.75, 3.05) is 11.4 Å². The van der Waals surface area contributed by atoms with E-state index < -0.39 is 18.4 Å². The molecule has 0 radical (unpaired) electrons. The molecular weight excluding hydrogens is 464 g/mol. The summed E-state index contributed by atoms with van der Waals surface area (Å²) < 4.78 is 0. The van der Waals surface area contributed by atoms with Crippen molar-refractivity contribution >= 4 is 34.8 Å². The van der Waals surface area contributed by atoms with E-state index in [1.807, 2.05) is 12.1 Å². The first kappa shape index (κ1) is 25.6. The van der Waals surface area contributed by atoms with Crippen molar-refractivity contribution in [2.24, 2.45) is 11.5 Å². The molecular formula is C26H26N4O4S. The third-order valence-corrected chi connectivity index (χ3v) is 6.83. The number of nitrogens with two attached hydrogens (primary N) is 2. The summed E-state index contributed by atoms with van der Waals surface area (Å²) in [4.78, 5) is 37.5. The number of rotatable bonds is 6. The van der Waals surface area contributed by atoms with E-state index in [0.717, 1.165) is 36.8 Å². The molecule has 0 atom stereocenters. The maximum absolute atomic E-state index is 12.6. The monoisotopic (exact) mass is 490 g/mol. The quantitative estimate of drug-likeness (QED) is 0.481. The van der Waals surface area contributed by atoms with Gasteiger partial charge in [-0.2, -0.15) is 5.26 Å². The van der Waals surface area contributed by atoms with Gasteiger partial charge in [0.1, 0.15) is 17.5 Å². The van der Waals surface area contributed by atoms with Crippen LogP contribution in [0.25, 0.3) is 0 Å². The van der Waals surface area contributed by atoms with Crippen molar-refractivity contribution in [3.05, 3.63) is 86.6 Å². The van der Waals surface area contributed by atoms with E-state index in [1.54, 1.807) is 42.5 Å². The lowest BCUT2D eigenvalue weighted by Crippen LogP contribution is -2.35. The van der Waals surface area contributed by atoms with Crippen LogP contribution in [-0.2, 0) is 24.2 Å². The number of carboxylic acids is 1. The Hall–Kier alpha value is -4.00. The Morgan fingerprint density at radius 1 is 1.06 bits per heavy atom.